The third-order valence-electron chi connectivity index (χ3n) is 5.67. The Kier molecular flexibility index (Phi) is 6.09. The van der Waals surface area contributed by atoms with Crippen molar-refractivity contribution in [3.8, 4) is 5.75 Å². The molecule has 0 radical (unpaired) electrons. The first-order valence-electron chi connectivity index (χ1n) is 10.3. The van der Waals surface area contributed by atoms with Crippen LogP contribution in [0, 0.1) is 0 Å². The van der Waals surface area contributed by atoms with Gasteiger partial charge in [0.25, 0.3) is 0 Å². The van der Waals surface area contributed by atoms with E-state index in [1.165, 1.54) is 5.69 Å². The first-order valence-corrected chi connectivity index (χ1v) is 10.3. The number of aromatic nitrogens is 4. The van der Waals surface area contributed by atoms with Gasteiger partial charge in [0, 0.05) is 12.1 Å². The number of tetrazole rings is 1. The van der Waals surface area contributed by atoms with E-state index in [4.69, 9.17) is 9.15 Å². The van der Waals surface area contributed by atoms with Crippen LogP contribution in [-0.2, 0) is 6.54 Å². The molecule has 1 N–H and O–H groups in total. The third kappa shape index (κ3) is 4.42. The van der Waals surface area contributed by atoms with Gasteiger partial charge in [-0.3, -0.25) is 0 Å². The van der Waals surface area contributed by atoms with Crippen molar-refractivity contribution in [2.75, 3.05) is 38.2 Å². The number of anilines is 1. The zero-order valence-corrected chi connectivity index (χ0v) is 17.1. The third-order valence-corrected chi connectivity index (χ3v) is 5.67. The number of ether oxygens (including phenoxy) is 1. The van der Waals surface area contributed by atoms with Gasteiger partial charge in [-0.15, -0.1) is 5.10 Å². The Morgan fingerprint density at radius 2 is 1.97 bits per heavy atom. The molecule has 29 heavy (non-hydrogen) atoms. The number of benzene rings is 1. The second-order valence-electron chi connectivity index (χ2n) is 7.46. The molecule has 3 aromatic rings. The zero-order valence-electron chi connectivity index (χ0n) is 17.1. The largest absolute Gasteiger partial charge is 0.497 e. The van der Waals surface area contributed by atoms with Crippen LogP contribution in [0.4, 0.5) is 5.69 Å². The summed E-state index contributed by atoms with van der Waals surface area (Å²) >= 11 is 0. The lowest BCUT2D eigenvalue weighted by Gasteiger charge is -2.37. The summed E-state index contributed by atoms with van der Waals surface area (Å²) in [6.07, 6.45) is 3.85. The fourth-order valence-corrected chi connectivity index (χ4v) is 4.12. The number of nitrogens with zero attached hydrogens (tertiary/aromatic N) is 5. The molecular weight excluding hydrogens is 368 g/mol. The van der Waals surface area contributed by atoms with Crippen molar-refractivity contribution in [1.29, 1.82) is 0 Å². The summed E-state index contributed by atoms with van der Waals surface area (Å²) in [5, 5.41) is 12.6. The molecule has 8 nitrogen and oxygen atoms in total. The Hall–Kier alpha value is -2.87. The molecule has 1 aliphatic rings. The Labute approximate surface area is 171 Å². The van der Waals surface area contributed by atoms with E-state index in [1.807, 2.05) is 28.9 Å². The lowest BCUT2D eigenvalue weighted by Crippen LogP contribution is -3.15. The summed E-state index contributed by atoms with van der Waals surface area (Å²) in [6, 6.07) is 12.5. The predicted molar refractivity (Wildman–Crippen MR) is 109 cm³/mol. The molecule has 2 aromatic heterocycles. The van der Waals surface area contributed by atoms with Gasteiger partial charge in [0.2, 0.25) is 5.82 Å². The van der Waals surface area contributed by atoms with E-state index in [2.05, 4.69) is 39.5 Å². The van der Waals surface area contributed by atoms with Gasteiger partial charge in [-0.1, -0.05) is 13.3 Å². The molecule has 1 aliphatic heterocycles. The van der Waals surface area contributed by atoms with Gasteiger partial charge in [-0.05, 0) is 46.8 Å². The summed E-state index contributed by atoms with van der Waals surface area (Å²) in [5.41, 5.74) is 1.25. The van der Waals surface area contributed by atoms with Gasteiger partial charge in [0.15, 0.2) is 0 Å². The van der Waals surface area contributed by atoms with Crippen LogP contribution >= 0.6 is 0 Å². The van der Waals surface area contributed by atoms with E-state index >= 15 is 0 Å². The number of quaternary nitrogens is 1. The number of hydrogen-bond acceptors (Lipinski definition) is 6. The summed E-state index contributed by atoms with van der Waals surface area (Å²) in [5.74, 6) is 2.72. The molecule has 1 atom stereocenters. The lowest BCUT2D eigenvalue weighted by molar-refractivity contribution is -0.933. The van der Waals surface area contributed by atoms with Crippen molar-refractivity contribution in [2.45, 2.75) is 32.4 Å². The van der Waals surface area contributed by atoms with Crippen LogP contribution in [0.5, 0.6) is 5.75 Å². The number of rotatable bonds is 8. The van der Waals surface area contributed by atoms with Gasteiger partial charge in [-0.25, -0.2) is 4.68 Å². The second-order valence-corrected chi connectivity index (χ2v) is 7.46. The highest BCUT2D eigenvalue weighted by Crippen LogP contribution is 2.20. The predicted octanol–water partition coefficient (Wildman–Crippen LogP) is 1.57. The summed E-state index contributed by atoms with van der Waals surface area (Å²) in [4.78, 5) is 3.99. The van der Waals surface area contributed by atoms with E-state index < -0.39 is 0 Å². The van der Waals surface area contributed by atoms with Gasteiger partial charge >= 0.3 is 0 Å². The van der Waals surface area contributed by atoms with E-state index in [0.29, 0.717) is 12.6 Å². The van der Waals surface area contributed by atoms with Crippen LogP contribution in [-0.4, -0.2) is 53.5 Å². The molecule has 1 saturated heterocycles. The molecular formula is C21H29N6O2+. The summed E-state index contributed by atoms with van der Waals surface area (Å²) in [6.45, 7) is 6.94. The Balaban J connectivity index is 1.44. The van der Waals surface area contributed by atoms with Crippen molar-refractivity contribution >= 4 is 5.69 Å². The Bertz CT molecular complexity index is 869. The normalized spacial score (nSPS) is 16.1. The minimum absolute atomic E-state index is 0.294. The van der Waals surface area contributed by atoms with Crippen molar-refractivity contribution in [2.24, 2.45) is 0 Å². The highest BCUT2D eigenvalue weighted by atomic mass is 16.5. The first-order chi connectivity index (χ1) is 14.3. The van der Waals surface area contributed by atoms with Gasteiger partial charge in [-0.2, -0.15) is 0 Å². The first kappa shape index (κ1) is 19.4. The van der Waals surface area contributed by atoms with Gasteiger partial charge in [0.05, 0.1) is 39.6 Å². The fraction of sp³-hybridized carbons (Fsp3) is 0.476. The highest BCUT2D eigenvalue weighted by Gasteiger charge is 2.32. The minimum atomic E-state index is 0.294. The average molecular weight is 398 g/mol. The maximum absolute atomic E-state index is 5.49. The lowest BCUT2D eigenvalue weighted by atomic mass is 10.1. The average Bonchev–Trinajstić information content (AvgIpc) is 3.45. The molecule has 1 fully saturated rings. The van der Waals surface area contributed by atoms with Gasteiger partial charge < -0.3 is 19.0 Å². The van der Waals surface area contributed by atoms with Crippen molar-refractivity contribution in [3.63, 3.8) is 0 Å². The Morgan fingerprint density at radius 1 is 1.17 bits per heavy atom. The SMILES string of the molecule is CCC[C@@H](c1nnnn1Cc1ccco1)[NH+]1CCN(c2ccc(OC)cc2)CC1. The minimum Gasteiger partial charge on any atom is -0.497 e. The summed E-state index contributed by atoms with van der Waals surface area (Å²) < 4.78 is 12.7. The maximum Gasteiger partial charge on any atom is 0.209 e. The van der Waals surface area contributed by atoms with Crippen LogP contribution in [0.2, 0.25) is 0 Å². The molecule has 3 heterocycles. The van der Waals surface area contributed by atoms with E-state index in [1.54, 1.807) is 18.3 Å². The van der Waals surface area contributed by atoms with E-state index in [9.17, 15) is 0 Å². The fourth-order valence-electron chi connectivity index (χ4n) is 4.12. The highest BCUT2D eigenvalue weighted by molar-refractivity contribution is 5.49. The topological polar surface area (TPSA) is 73.7 Å². The molecule has 0 spiro atoms. The molecule has 1 aromatic carbocycles. The number of methoxy groups -OCH3 is 1. The molecule has 0 aliphatic carbocycles. The van der Waals surface area contributed by atoms with Crippen molar-refractivity contribution < 1.29 is 14.1 Å². The van der Waals surface area contributed by atoms with Crippen molar-refractivity contribution in [1.82, 2.24) is 20.2 Å². The number of furan rings is 1. The van der Waals surface area contributed by atoms with Crippen molar-refractivity contribution in [3.05, 3.63) is 54.2 Å². The molecule has 0 amide bonds. The van der Waals surface area contributed by atoms with Crippen LogP contribution < -0.4 is 14.5 Å². The number of hydrogen-bond donors (Lipinski definition) is 1. The van der Waals surface area contributed by atoms with Gasteiger partial charge in [0.1, 0.15) is 24.1 Å². The summed E-state index contributed by atoms with van der Waals surface area (Å²) in [7, 11) is 1.70. The van der Waals surface area contributed by atoms with Crippen LogP contribution in [0.1, 0.15) is 37.4 Å². The quantitative estimate of drug-likeness (QED) is 0.622. The monoisotopic (exact) mass is 397 g/mol. The van der Waals surface area contributed by atoms with E-state index in [-0.39, 0.29) is 0 Å². The van der Waals surface area contributed by atoms with Crippen LogP contribution in [0.15, 0.2) is 47.1 Å². The molecule has 4 rings (SSSR count). The maximum atomic E-state index is 5.49. The zero-order chi connectivity index (χ0) is 20.1. The standard InChI is InChI=1S/C21H28N6O2/c1-3-5-20(21-22-23-24-27(21)16-19-6-4-15-29-19)26-13-11-25(12-14-26)17-7-9-18(28-2)10-8-17/h4,6-10,15,20H,3,5,11-14,16H2,1-2H3/p+1/t20-/m0/s1. The number of nitrogens with one attached hydrogen (secondary N) is 1. The molecule has 0 bridgehead atoms. The molecule has 0 saturated carbocycles. The molecule has 0 unspecified atom stereocenters. The van der Waals surface area contributed by atoms with Crippen LogP contribution in [0.3, 0.4) is 0 Å². The second kappa shape index (κ2) is 9.09. The number of piperazine rings is 1. The Morgan fingerprint density at radius 3 is 2.62 bits per heavy atom. The van der Waals surface area contributed by atoms with E-state index in [0.717, 1.165) is 56.4 Å². The molecule has 154 valence electrons. The van der Waals surface area contributed by atoms with Crippen LogP contribution in [0.25, 0.3) is 0 Å². The smallest absolute Gasteiger partial charge is 0.209 e. The molecule has 8 heteroatoms.